The van der Waals surface area contributed by atoms with Crippen molar-refractivity contribution in [3.05, 3.63) is 57.6 Å². The quantitative estimate of drug-likeness (QED) is 0.732. The lowest BCUT2D eigenvalue weighted by Crippen LogP contribution is -2.04. The van der Waals surface area contributed by atoms with Gasteiger partial charge >= 0.3 is 0 Å². The van der Waals surface area contributed by atoms with E-state index < -0.39 is 6.29 Å². The average Bonchev–Trinajstić information content (AvgIpc) is 2.58. The van der Waals surface area contributed by atoms with Crippen molar-refractivity contribution in [3.8, 4) is 23.6 Å². The van der Waals surface area contributed by atoms with E-state index in [0.29, 0.717) is 17.1 Å². The second-order valence-corrected chi connectivity index (χ2v) is 5.37. The summed E-state index contributed by atoms with van der Waals surface area (Å²) in [5, 5.41) is 18.0. The molecule has 0 spiro atoms. The first-order valence-corrected chi connectivity index (χ1v) is 7.39. The molecule has 2 rings (SSSR count). The van der Waals surface area contributed by atoms with E-state index in [2.05, 4.69) is 15.9 Å². The summed E-state index contributed by atoms with van der Waals surface area (Å²) >= 11 is 3.45. The van der Waals surface area contributed by atoms with Gasteiger partial charge in [0.15, 0.2) is 6.29 Å². The minimum Gasteiger partial charge on any atom is -0.457 e. The summed E-state index contributed by atoms with van der Waals surface area (Å²) in [6.07, 6.45) is -0.524. The molecule has 0 aliphatic heterocycles. The average molecular weight is 373 g/mol. The van der Waals surface area contributed by atoms with Gasteiger partial charge in [-0.2, -0.15) is 10.5 Å². The number of hydrogen-bond donors (Lipinski definition) is 0. The Labute approximate surface area is 142 Å². The molecule has 0 saturated carbocycles. The molecule has 0 aromatic heterocycles. The summed E-state index contributed by atoms with van der Waals surface area (Å²) < 4.78 is 17.1. The predicted molar refractivity (Wildman–Crippen MR) is 86.8 cm³/mol. The molecule has 0 bridgehead atoms. The molecule has 0 aliphatic rings. The van der Waals surface area contributed by atoms with Gasteiger partial charge in [0.05, 0.1) is 11.1 Å². The molecule has 0 unspecified atom stereocenters. The van der Waals surface area contributed by atoms with Crippen LogP contribution in [0, 0.1) is 22.7 Å². The molecule has 0 aliphatic carbocycles. The number of nitrogens with zero attached hydrogens (tertiary/aromatic N) is 2. The minimum atomic E-state index is -0.524. The van der Waals surface area contributed by atoms with Crippen molar-refractivity contribution in [2.75, 3.05) is 14.2 Å². The van der Waals surface area contributed by atoms with Crippen molar-refractivity contribution in [3.63, 3.8) is 0 Å². The van der Waals surface area contributed by atoms with E-state index in [-0.39, 0.29) is 5.56 Å². The minimum absolute atomic E-state index is 0.272. The van der Waals surface area contributed by atoms with Gasteiger partial charge in [0.1, 0.15) is 23.6 Å². The summed E-state index contributed by atoms with van der Waals surface area (Å²) in [4.78, 5) is 0. The molecule has 2 aromatic carbocycles. The maximum Gasteiger partial charge on any atom is 0.184 e. The van der Waals surface area contributed by atoms with Gasteiger partial charge in [-0.3, -0.25) is 0 Å². The SMILES string of the molecule is COC(OC)c1cc(Oc2ccc(C#N)c(C#N)c2)ccc1Br. The van der Waals surface area contributed by atoms with Crippen molar-refractivity contribution < 1.29 is 14.2 Å². The Morgan fingerprint density at radius 2 is 1.52 bits per heavy atom. The number of methoxy groups -OCH3 is 2. The molecule has 0 saturated heterocycles. The van der Waals surface area contributed by atoms with Crippen LogP contribution in [0.2, 0.25) is 0 Å². The van der Waals surface area contributed by atoms with Crippen molar-refractivity contribution in [2.45, 2.75) is 6.29 Å². The lowest BCUT2D eigenvalue weighted by atomic mass is 10.1. The monoisotopic (exact) mass is 372 g/mol. The number of ether oxygens (including phenoxy) is 3. The fraction of sp³-hybridized carbons (Fsp3) is 0.176. The standard InChI is InChI=1S/C17H13BrN2O3/c1-21-17(22-2)15-8-14(5-6-16(15)18)23-13-4-3-11(9-19)12(7-13)10-20/h3-8,17H,1-2H3. The molecule has 0 atom stereocenters. The molecular formula is C17H13BrN2O3. The summed E-state index contributed by atoms with van der Waals surface area (Å²) in [6.45, 7) is 0. The van der Waals surface area contributed by atoms with E-state index in [1.165, 1.54) is 6.07 Å². The molecule has 6 heteroatoms. The van der Waals surface area contributed by atoms with Crippen LogP contribution in [0.25, 0.3) is 0 Å². The van der Waals surface area contributed by atoms with E-state index >= 15 is 0 Å². The first kappa shape index (κ1) is 17.0. The lowest BCUT2D eigenvalue weighted by molar-refractivity contribution is -0.106. The number of nitriles is 2. The van der Waals surface area contributed by atoms with Crippen LogP contribution in [-0.2, 0) is 9.47 Å². The Kier molecular flexibility index (Phi) is 5.72. The van der Waals surface area contributed by atoms with Crippen LogP contribution in [0.1, 0.15) is 23.0 Å². The maximum atomic E-state index is 9.06. The Morgan fingerprint density at radius 1 is 0.913 bits per heavy atom. The highest BCUT2D eigenvalue weighted by Gasteiger charge is 2.14. The smallest absolute Gasteiger partial charge is 0.184 e. The zero-order chi connectivity index (χ0) is 16.8. The summed E-state index contributed by atoms with van der Waals surface area (Å²) in [5.74, 6) is 1.04. The van der Waals surface area contributed by atoms with Crippen LogP contribution in [0.5, 0.6) is 11.5 Å². The Balaban J connectivity index is 2.33. The third-order valence-electron chi connectivity index (χ3n) is 3.12. The molecule has 0 N–H and O–H groups in total. The van der Waals surface area contributed by atoms with Crippen molar-refractivity contribution in [2.24, 2.45) is 0 Å². The highest BCUT2D eigenvalue weighted by atomic mass is 79.9. The topological polar surface area (TPSA) is 75.3 Å². The van der Waals surface area contributed by atoms with E-state index in [4.69, 9.17) is 24.7 Å². The normalized spacial score (nSPS) is 10.2. The van der Waals surface area contributed by atoms with Crippen LogP contribution in [-0.4, -0.2) is 14.2 Å². The molecule has 5 nitrogen and oxygen atoms in total. The Bertz CT molecular complexity index is 789. The van der Waals surface area contributed by atoms with Crippen molar-refractivity contribution >= 4 is 15.9 Å². The third-order valence-corrected chi connectivity index (χ3v) is 3.84. The van der Waals surface area contributed by atoms with E-state index in [0.717, 1.165) is 10.0 Å². The van der Waals surface area contributed by atoms with Gasteiger partial charge in [-0.05, 0) is 36.4 Å². The molecule has 2 aromatic rings. The van der Waals surface area contributed by atoms with E-state index in [9.17, 15) is 0 Å². The van der Waals surface area contributed by atoms with Crippen LogP contribution < -0.4 is 4.74 Å². The fourth-order valence-electron chi connectivity index (χ4n) is 2.03. The maximum absolute atomic E-state index is 9.06. The van der Waals surface area contributed by atoms with E-state index in [1.54, 1.807) is 38.5 Å². The molecule has 0 radical (unpaired) electrons. The summed E-state index contributed by atoms with van der Waals surface area (Å²) in [7, 11) is 3.10. The van der Waals surface area contributed by atoms with Crippen LogP contribution >= 0.6 is 15.9 Å². The second kappa shape index (κ2) is 7.75. The zero-order valence-electron chi connectivity index (χ0n) is 12.5. The van der Waals surface area contributed by atoms with Gasteiger partial charge < -0.3 is 14.2 Å². The molecule has 0 heterocycles. The van der Waals surface area contributed by atoms with Crippen molar-refractivity contribution in [1.82, 2.24) is 0 Å². The molecule has 0 fully saturated rings. The first-order valence-electron chi connectivity index (χ1n) is 6.60. The van der Waals surface area contributed by atoms with Gasteiger partial charge in [-0.25, -0.2) is 0 Å². The summed E-state index contributed by atoms with van der Waals surface area (Å²) in [6, 6.07) is 14.1. The number of rotatable bonds is 5. The third kappa shape index (κ3) is 3.88. The number of hydrogen-bond acceptors (Lipinski definition) is 5. The second-order valence-electron chi connectivity index (χ2n) is 4.52. The van der Waals surface area contributed by atoms with Crippen molar-refractivity contribution in [1.29, 1.82) is 10.5 Å². The molecule has 0 amide bonds. The lowest BCUT2D eigenvalue weighted by Gasteiger charge is -2.16. The first-order chi connectivity index (χ1) is 11.1. The highest BCUT2D eigenvalue weighted by Crippen LogP contribution is 2.32. The fourth-order valence-corrected chi connectivity index (χ4v) is 2.46. The molecule has 23 heavy (non-hydrogen) atoms. The number of halogens is 1. The van der Waals surface area contributed by atoms with Gasteiger partial charge in [-0.15, -0.1) is 0 Å². The molecular weight excluding hydrogens is 360 g/mol. The zero-order valence-corrected chi connectivity index (χ0v) is 14.1. The predicted octanol–water partition coefficient (Wildman–Crippen LogP) is 4.28. The van der Waals surface area contributed by atoms with Gasteiger partial charge in [-0.1, -0.05) is 15.9 Å². The van der Waals surface area contributed by atoms with Crippen LogP contribution in [0.3, 0.4) is 0 Å². The Hall–Kier alpha value is -2.38. The van der Waals surface area contributed by atoms with Gasteiger partial charge in [0, 0.05) is 24.3 Å². The number of benzene rings is 2. The summed E-state index contributed by atoms with van der Waals surface area (Å²) in [5.41, 5.74) is 1.37. The largest absolute Gasteiger partial charge is 0.457 e. The Morgan fingerprint density at radius 3 is 2.13 bits per heavy atom. The molecule has 116 valence electrons. The van der Waals surface area contributed by atoms with Gasteiger partial charge in [0.25, 0.3) is 0 Å². The van der Waals surface area contributed by atoms with Gasteiger partial charge in [0.2, 0.25) is 0 Å². The van der Waals surface area contributed by atoms with E-state index in [1.807, 2.05) is 18.2 Å². The highest BCUT2D eigenvalue weighted by molar-refractivity contribution is 9.10. The van der Waals surface area contributed by atoms with Crippen LogP contribution in [0.15, 0.2) is 40.9 Å². The van der Waals surface area contributed by atoms with Crippen LogP contribution in [0.4, 0.5) is 0 Å².